The number of ether oxygens (including phenoxy) is 2. The summed E-state index contributed by atoms with van der Waals surface area (Å²) in [6.45, 7) is 3.74. The SMILES string of the molecule is COc1ccc(Br)c(CC2COC(=O)N2C(C(C)C)S(=O)(=O)c2ccccc2)c1. The maximum Gasteiger partial charge on any atom is 0.411 e. The van der Waals surface area contributed by atoms with Crippen LogP contribution in [0.4, 0.5) is 4.79 Å². The summed E-state index contributed by atoms with van der Waals surface area (Å²) < 4.78 is 38.2. The number of amides is 1. The van der Waals surface area contributed by atoms with Gasteiger partial charge >= 0.3 is 6.09 Å². The highest BCUT2D eigenvalue weighted by atomic mass is 79.9. The van der Waals surface area contributed by atoms with Crippen LogP contribution in [0.5, 0.6) is 5.75 Å². The van der Waals surface area contributed by atoms with Gasteiger partial charge in [0.2, 0.25) is 0 Å². The smallest absolute Gasteiger partial charge is 0.411 e. The number of cyclic esters (lactones) is 1. The zero-order valence-corrected chi connectivity index (χ0v) is 18.9. The minimum Gasteiger partial charge on any atom is -0.497 e. The standard InChI is InChI=1S/C21H24BrNO5S/c1-14(2)20(29(25,26)18-7-5-4-6-8-18)23-16(13-28-21(23)24)11-15-12-17(27-3)9-10-19(15)22/h4-10,12,14,16,20H,11,13H2,1-3H3. The molecule has 0 aromatic heterocycles. The molecule has 29 heavy (non-hydrogen) atoms. The number of sulfone groups is 1. The molecule has 1 fully saturated rings. The lowest BCUT2D eigenvalue weighted by atomic mass is 10.0. The molecule has 1 aliphatic heterocycles. The number of nitrogens with zero attached hydrogens (tertiary/aromatic N) is 1. The van der Waals surface area contributed by atoms with E-state index in [1.165, 1.54) is 4.90 Å². The number of hydrogen-bond acceptors (Lipinski definition) is 5. The third-order valence-corrected chi connectivity index (χ3v) is 8.06. The van der Waals surface area contributed by atoms with E-state index in [0.717, 1.165) is 10.0 Å². The Kier molecular flexibility index (Phi) is 6.53. The van der Waals surface area contributed by atoms with Crippen LogP contribution >= 0.6 is 15.9 Å². The largest absolute Gasteiger partial charge is 0.497 e. The second-order valence-corrected chi connectivity index (χ2v) is 10.2. The molecule has 3 rings (SSSR count). The molecule has 0 radical (unpaired) electrons. The molecule has 2 atom stereocenters. The van der Waals surface area contributed by atoms with Crippen LogP contribution in [0.25, 0.3) is 0 Å². The van der Waals surface area contributed by atoms with Gasteiger partial charge in [0, 0.05) is 4.47 Å². The highest BCUT2D eigenvalue weighted by Crippen LogP contribution is 2.32. The summed E-state index contributed by atoms with van der Waals surface area (Å²) in [5, 5.41) is -1.02. The predicted molar refractivity (Wildman–Crippen MR) is 114 cm³/mol. The van der Waals surface area contributed by atoms with Gasteiger partial charge in [-0.3, -0.25) is 4.90 Å². The maximum absolute atomic E-state index is 13.4. The van der Waals surface area contributed by atoms with Crippen LogP contribution in [0, 0.1) is 5.92 Å². The van der Waals surface area contributed by atoms with E-state index in [1.807, 2.05) is 18.2 Å². The second kappa shape index (κ2) is 8.75. The average Bonchev–Trinajstić information content (AvgIpc) is 3.04. The Morgan fingerprint density at radius 2 is 1.90 bits per heavy atom. The van der Waals surface area contributed by atoms with Crippen LogP contribution in [0.15, 0.2) is 57.9 Å². The molecule has 156 valence electrons. The van der Waals surface area contributed by atoms with Crippen LogP contribution in [-0.2, 0) is 21.0 Å². The van der Waals surface area contributed by atoms with E-state index in [1.54, 1.807) is 51.3 Å². The Balaban J connectivity index is 1.98. The number of rotatable bonds is 7. The monoisotopic (exact) mass is 481 g/mol. The fraction of sp³-hybridized carbons (Fsp3) is 0.381. The Morgan fingerprint density at radius 3 is 2.52 bits per heavy atom. The van der Waals surface area contributed by atoms with Crippen LogP contribution in [0.1, 0.15) is 19.4 Å². The van der Waals surface area contributed by atoms with Crippen LogP contribution in [0.3, 0.4) is 0 Å². The van der Waals surface area contributed by atoms with Gasteiger partial charge in [-0.1, -0.05) is 48.0 Å². The van der Waals surface area contributed by atoms with Crippen LogP contribution in [0.2, 0.25) is 0 Å². The summed E-state index contributed by atoms with van der Waals surface area (Å²) >= 11 is 3.53. The first-order valence-electron chi connectivity index (χ1n) is 9.32. The van der Waals surface area contributed by atoms with Gasteiger partial charge in [0.1, 0.15) is 17.7 Å². The van der Waals surface area contributed by atoms with E-state index in [9.17, 15) is 13.2 Å². The van der Waals surface area contributed by atoms with Gasteiger partial charge in [0.05, 0.1) is 18.0 Å². The van der Waals surface area contributed by atoms with Gasteiger partial charge in [-0.2, -0.15) is 0 Å². The quantitative estimate of drug-likeness (QED) is 0.589. The molecule has 2 aromatic carbocycles. The summed E-state index contributed by atoms with van der Waals surface area (Å²) in [5.74, 6) is 0.374. The van der Waals surface area contributed by atoms with Gasteiger partial charge < -0.3 is 9.47 Å². The number of halogens is 1. The molecule has 0 aliphatic carbocycles. The minimum absolute atomic E-state index is 0.135. The Hall–Kier alpha value is -2.06. The van der Waals surface area contributed by atoms with Crippen molar-refractivity contribution in [3.63, 3.8) is 0 Å². The van der Waals surface area contributed by atoms with E-state index in [4.69, 9.17) is 9.47 Å². The fourth-order valence-electron chi connectivity index (χ4n) is 3.61. The maximum atomic E-state index is 13.4. The van der Waals surface area contributed by atoms with Gasteiger partial charge in [0.25, 0.3) is 0 Å². The summed E-state index contributed by atoms with van der Waals surface area (Å²) in [6, 6.07) is 13.4. The van der Waals surface area contributed by atoms with Gasteiger partial charge in [-0.25, -0.2) is 13.2 Å². The minimum atomic E-state index is -3.78. The third-order valence-electron chi connectivity index (χ3n) is 4.95. The number of carbonyl (C=O) groups is 1. The Labute approximate surface area is 179 Å². The van der Waals surface area contributed by atoms with Crippen molar-refractivity contribution >= 4 is 31.9 Å². The molecule has 0 bridgehead atoms. The summed E-state index contributed by atoms with van der Waals surface area (Å²) in [6.07, 6.45) is -0.163. The molecule has 1 saturated heterocycles. The van der Waals surface area contributed by atoms with Crippen molar-refractivity contribution in [2.45, 2.75) is 36.6 Å². The first kappa shape index (κ1) is 21.6. The number of carbonyl (C=O) groups excluding carboxylic acids is 1. The summed E-state index contributed by atoms with van der Waals surface area (Å²) in [5.41, 5.74) is 0.914. The van der Waals surface area contributed by atoms with Crippen molar-refractivity contribution in [2.75, 3.05) is 13.7 Å². The van der Waals surface area contributed by atoms with Crippen LogP contribution < -0.4 is 4.74 Å². The first-order chi connectivity index (χ1) is 13.8. The molecule has 0 saturated carbocycles. The second-order valence-electron chi connectivity index (χ2n) is 7.29. The van der Waals surface area contributed by atoms with E-state index < -0.39 is 27.3 Å². The van der Waals surface area contributed by atoms with E-state index in [-0.39, 0.29) is 17.4 Å². The van der Waals surface area contributed by atoms with Crippen molar-refractivity contribution < 1.29 is 22.7 Å². The molecule has 0 spiro atoms. The number of methoxy groups -OCH3 is 1. The van der Waals surface area contributed by atoms with Crippen molar-refractivity contribution in [1.29, 1.82) is 0 Å². The molecule has 2 aromatic rings. The van der Waals surface area contributed by atoms with Gasteiger partial charge in [-0.15, -0.1) is 0 Å². The lowest BCUT2D eigenvalue weighted by Gasteiger charge is -2.33. The molecule has 2 unspecified atom stereocenters. The molecule has 1 amide bonds. The Bertz CT molecular complexity index is 978. The Morgan fingerprint density at radius 1 is 1.21 bits per heavy atom. The molecule has 1 heterocycles. The normalized spacial score (nSPS) is 18.0. The molecular weight excluding hydrogens is 458 g/mol. The third kappa shape index (κ3) is 4.43. The highest BCUT2D eigenvalue weighted by molar-refractivity contribution is 9.10. The van der Waals surface area contributed by atoms with Gasteiger partial charge in [0.15, 0.2) is 9.84 Å². The fourth-order valence-corrected chi connectivity index (χ4v) is 6.10. The number of hydrogen-bond donors (Lipinski definition) is 0. The molecule has 0 N–H and O–H groups in total. The van der Waals surface area contributed by atoms with Crippen molar-refractivity contribution in [2.24, 2.45) is 5.92 Å². The van der Waals surface area contributed by atoms with Crippen molar-refractivity contribution in [3.05, 3.63) is 58.6 Å². The van der Waals surface area contributed by atoms with E-state index in [0.29, 0.717) is 12.2 Å². The lowest BCUT2D eigenvalue weighted by Crippen LogP contribution is -2.50. The summed E-state index contributed by atoms with van der Waals surface area (Å²) in [4.78, 5) is 14.2. The van der Waals surface area contributed by atoms with E-state index >= 15 is 0 Å². The van der Waals surface area contributed by atoms with E-state index in [2.05, 4.69) is 15.9 Å². The zero-order chi connectivity index (χ0) is 21.2. The predicted octanol–water partition coefficient (Wildman–Crippen LogP) is 4.28. The molecular formula is C21H24BrNO5S. The van der Waals surface area contributed by atoms with Crippen molar-refractivity contribution in [3.8, 4) is 5.75 Å². The molecule has 1 aliphatic rings. The average molecular weight is 482 g/mol. The summed E-state index contributed by atoms with van der Waals surface area (Å²) in [7, 11) is -2.19. The highest BCUT2D eigenvalue weighted by Gasteiger charge is 2.46. The first-order valence-corrected chi connectivity index (χ1v) is 11.7. The number of benzene rings is 2. The molecule has 8 heteroatoms. The van der Waals surface area contributed by atoms with Crippen molar-refractivity contribution in [1.82, 2.24) is 4.90 Å². The lowest BCUT2D eigenvalue weighted by molar-refractivity contribution is 0.147. The zero-order valence-electron chi connectivity index (χ0n) is 16.5. The molecule has 6 nitrogen and oxygen atoms in total. The van der Waals surface area contributed by atoms with Gasteiger partial charge in [-0.05, 0) is 48.2 Å². The van der Waals surface area contributed by atoms with Crippen LogP contribution in [-0.4, -0.2) is 44.5 Å². The topological polar surface area (TPSA) is 72.9 Å².